The molecule has 0 aliphatic carbocycles. The van der Waals surface area contributed by atoms with Crippen molar-refractivity contribution < 1.29 is 0 Å². The maximum Gasteiger partial charge on any atom is 0.0196 e. The first-order valence-electron chi connectivity index (χ1n) is 5.54. The van der Waals surface area contributed by atoms with Crippen molar-refractivity contribution in [1.29, 1.82) is 0 Å². The van der Waals surface area contributed by atoms with Crippen molar-refractivity contribution in [2.24, 2.45) is 0 Å². The minimum Gasteiger partial charge on any atom is -0.297 e. The Hall–Kier alpha value is -0.0831. The van der Waals surface area contributed by atoms with Gasteiger partial charge in [-0.15, -0.1) is 0 Å². The molecule has 1 aliphatic rings. The highest BCUT2D eigenvalue weighted by molar-refractivity contribution is 6.17. The van der Waals surface area contributed by atoms with Gasteiger partial charge in [-0.1, -0.05) is 38.3 Å². The Morgan fingerprint density at radius 1 is 1.38 bits per heavy atom. The largest absolute Gasteiger partial charge is 0.297 e. The molecule has 0 atom stereocenters. The summed E-state index contributed by atoms with van der Waals surface area (Å²) in [7, 11) is 1.30. The van der Waals surface area contributed by atoms with Crippen LogP contribution in [0.1, 0.15) is 33.6 Å². The van der Waals surface area contributed by atoms with E-state index in [0.29, 0.717) is 5.04 Å². The molecule has 1 heterocycles. The lowest BCUT2D eigenvalue weighted by Gasteiger charge is -2.30. The normalized spacial score (nSPS) is 19.5. The second-order valence-corrected chi connectivity index (χ2v) is 6.27. The molecule has 13 heavy (non-hydrogen) atoms. The molecule has 0 aromatic rings. The molecule has 0 radical (unpaired) electrons. The van der Waals surface area contributed by atoms with E-state index in [2.05, 4.69) is 31.7 Å². The van der Waals surface area contributed by atoms with E-state index in [1.54, 1.807) is 5.57 Å². The average Bonchev–Trinajstić information content (AvgIpc) is 2.96. The van der Waals surface area contributed by atoms with Crippen LogP contribution < -0.4 is 0 Å². The van der Waals surface area contributed by atoms with E-state index in [4.69, 9.17) is 0 Å². The lowest BCUT2D eigenvalue weighted by molar-refractivity contribution is 0.518. The van der Waals surface area contributed by atoms with E-state index < -0.39 is 0 Å². The Labute approximate surface area is 85.6 Å². The van der Waals surface area contributed by atoms with Crippen molar-refractivity contribution in [1.82, 2.24) is 4.90 Å². The van der Waals surface area contributed by atoms with Crippen LogP contribution in [0.15, 0.2) is 11.6 Å². The van der Waals surface area contributed by atoms with E-state index in [-0.39, 0.29) is 0 Å². The fourth-order valence-electron chi connectivity index (χ4n) is 1.80. The summed E-state index contributed by atoms with van der Waals surface area (Å²) in [4.78, 5) is 2.52. The molecule has 0 aromatic heterocycles. The number of allylic oxidation sites excluding steroid dienone is 1. The van der Waals surface area contributed by atoms with Crippen molar-refractivity contribution in [2.45, 2.75) is 38.7 Å². The minimum absolute atomic E-state index is 0.581. The van der Waals surface area contributed by atoms with Crippen molar-refractivity contribution in [2.75, 3.05) is 19.6 Å². The number of hydrogen-bond donors (Lipinski definition) is 0. The van der Waals surface area contributed by atoms with E-state index >= 15 is 0 Å². The van der Waals surface area contributed by atoms with Crippen LogP contribution in [0.2, 0.25) is 5.04 Å². The van der Waals surface area contributed by atoms with E-state index in [1.807, 2.05) is 0 Å². The maximum absolute atomic E-state index is 2.52. The fraction of sp³-hybridized carbons (Fsp3) is 0.818. The summed E-state index contributed by atoms with van der Waals surface area (Å²) < 4.78 is 0. The van der Waals surface area contributed by atoms with Gasteiger partial charge in [0, 0.05) is 29.9 Å². The summed E-state index contributed by atoms with van der Waals surface area (Å²) in [6, 6.07) is 0. The van der Waals surface area contributed by atoms with E-state index in [9.17, 15) is 0 Å². The Morgan fingerprint density at radius 2 is 1.92 bits per heavy atom. The highest BCUT2D eigenvalue weighted by atomic mass is 28.1. The molecule has 1 nitrogen and oxygen atoms in total. The third kappa shape index (κ3) is 2.68. The lowest BCUT2D eigenvalue weighted by atomic mass is 9.91. The van der Waals surface area contributed by atoms with Gasteiger partial charge in [-0.3, -0.25) is 4.90 Å². The maximum atomic E-state index is 2.52. The van der Waals surface area contributed by atoms with Crippen molar-refractivity contribution in [3.05, 3.63) is 11.6 Å². The van der Waals surface area contributed by atoms with Crippen molar-refractivity contribution >= 4 is 10.2 Å². The van der Waals surface area contributed by atoms with Gasteiger partial charge in [0.05, 0.1) is 0 Å². The highest BCUT2D eigenvalue weighted by Crippen LogP contribution is 2.39. The number of rotatable bonds is 5. The van der Waals surface area contributed by atoms with Gasteiger partial charge < -0.3 is 0 Å². The second-order valence-electron chi connectivity index (χ2n) is 4.36. The van der Waals surface area contributed by atoms with Crippen molar-refractivity contribution in [3.8, 4) is 0 Å². The lowest BCUT2D eigenvalue weighted by Crippen LogP contribution is -2.19. The zero-order valence-electron chi connectivity index (χ0n) is 9.56. The fourth-order valence-corrected chi connectivity index (χ4v) is 2.25. The van der Waals surface area contributed by atoms with Crippen LogP contribution in [-0.2, 0) is 0 Å². The summed E-state index contributed by atoms with van der Waals surface area (Å²) in [5.41, 5.74) is 1.70. The van der Waals surface area contributed by atoms with Crippen LogP contribution in [0.5, 0.6) is 0 Å². The SMILES string of the molecule is CC=C(CN1CC1)C([SiH3])(CC)CC. The quantitative estimate of drug-likeness (QED) is 0.367. The molecule has 0 spiro atoms. The average molecular weight is 197 g/mol. The minimum atomic E-state index is 0.581. The van der Waals surface area contributed by atoms with Gasteiger partial charge in [0.2, 0.25) is 0 Å². The predicted molar refractivity (Wildman–Crippen MR) is 63.4 cm³/mol. The first-order valence-corrected chi connectivity index (χ1v) is 6.54. The predicted octanol–water partition coefficient (Wildman–Crippen LogP) is 1.59. The van der Waals surface area contributed by atoms with E-state index in [0.717, 1.165) is 0 Å². The smallest absolute Gasteiger partial charge is 0.0196 e. The Morgan fingerprint density at radius 3 is 2.23 bits per heavy atom. The Balaban J connectivity index is 2.61. The molecule has 1 rings (SSSR count). The molecule has 2 heteroatoms. The van der Waals surface area contributed by atoms with Gasteiger partial charge in [0.25, 0.3) is 0 Å². The Kier molecular flexibility index (Phi) is 3.74. The highest BCUT2D eigenvalue weighted by Gasteiger charge is 2.28. The summed E-state index contributed by atoms with van der Waals surface area (Å²) in [6.07, 6.45) is 5.00. The summed E-state index contributed by atoms with van der Waals surface area (Å²) in [6.45, 7) is 10.8. The van der Waals surface area contributed by atoms with Crippen LogP contribution in [0, 0.1) is 0 Å². The van der Waals surface area contributed by atoms with Gasteiger partial charge in [-0.25, -0.2) is 0 Å². The van der Waals surface area contributed by atoms with Gasteiger partial charge >= 0.3 is 0 Å². The Bertz CT molecular complexity index is 190. The second kappa shape index (κ2) is 4.42. The summed E-state index contributed by atoms with van der Waals surface area (Å²) in [5.74, 6) is 0. The van der Waals surface area contributed by atoms with Crippen LogP contribution in [0.3, 0.4) is 0 Å². The summed E-state index contributed by atoms with van der Waals surface area (Å²) in [5, 5.41) is 0.581. The zero-order valence-corrected chi connectivity index (χ0v) is 11.6. The molecule has 0 saturated carbocycles. The molecule has 0 aromatic carbocycles. The monoisotopic (exact) mass is 197 g/mol. The first kappa shape index (κ1) is 11.0. The van der Waals surface area contributed by atoms with Gasteiger partial charge in [0.15, 0.2) is 0 Å². The van der Waals surface area contributed by atoms with Crippen molar-refractivity contribution in [3.63, 3.8) is 0 Å². The molecule has 0 N–H and O–H groups in total. The van der Waals surface area contributed by atoms with Crippen LogP contribution in [0.4, 0.5) is 0 Å². The van der Waals surface area contributed by atoms with Crippen LogP contribution in [-0.4, -0.2) is 34.8 Å². The number of hydrogen-bond acceptors (Lipinski definition) is 1. The molecule has 0 bridgehead atoms. The topological polar surface area (TPSA) is 3.01 Å². The molecule has 0 amide bonds. The third-order valence-corrected chi connectivity index (χ3v) is 5.67. The first-order chi connectivity index (χ1) is 6.16. The van der Waals surface area contributed by atoms with Gasteiger partial charge in [0.1, 0.15) is 0 Å². The molecule has 0 unspecified atom stereocenters. The summed E-state index contributed by atoms with van der Waals surface area (Å²) >= 11 is 0. The molecule has 1 fully saturated rings. The molecule has 1 saturated heterocycles. The molecule has 1 aliphatic heterocycles. The van der Waals surface area contributed by atoms with Crippen LogP contribution in [0.25, 0.3) is 0 Å². The van der Waals surface area contributed by atoms with Crippen LogP contribution >= 0.6 is 0 Å². The third-order valence-electron chi connectivity index (χ3n) is 3.62. The standard InChI is InChI=1S/C11H23NSi/c1-4-10(9-12-7-8-12)11(13,5-2)6-3/h4H,5-9H2,1-3,13H3. The number of nitrogens with zero attached hydrogens (tertiary/aromatic N) is 1. The zero-order chi connectivity index (χ0) is 9.90. The van der Waals surface area contributed by atoms with Gasteiger partial charge in [-0.2, -0.15) is 0 Å². The molecular formula is C11H23NSi. The molecule has 76 valence electrons. The van der Waals surface area contributed by atoms with E-state index in [1.165, 1.54) is 42.7 Å². The van der Waals surface area contributed by atoms with Gasteiger partial charge in [-0.05, 0) is 12.0 Å². The molecular weight excluding hydrogens is 174 g/mol.